The van der Waals surface area contributed by atoms with Crippen molar-refractivity contribution in [1.29, 1.82) is 0 Å². The highest BCUT2D eigenvalue weighted by atomic mass is 16.3. The van der Waals surface area contributed by atoms with E-state index in [1.807, 2.05) is 13.0 Å². The van der Waals surface area contributed by atoms with Gasteiger partial charge in [-0.15, -0.1) is 0 Å². The van der Waals surface area contributed by atoms with Crippen LogP contribution in [-0.2, 0) is 4.79 Å². The zero-order chi connectivity index (χ0) is 10.8. The molecule has 0 spiro atoms. The van der Waals surface area contributed by atoms with Gasteiger partial charge in [-0.1, -0.05) is 25.3 Å². The lowest BCUT2D eigenvalue weighted by Gasteiger charge is -2.02. The maximum Gasteiger partial charge on any atom is 0.152 e. The molecule has 0 aromatic carbocycles. The van der Waals surface area contributed by atoms with E-state index in [0.29, 0.717) is 0 Å². The van der Waals surface area contributed by atoms with Gasteiger partial charge in [-0.25, -0.2) is 0 Å². The highest BCUT2D eigenvalue weighted by Crippen LogP contribution is 2.07. The first kappa shape index (κ1) is 13.4. The Labute approximate surface area is 87.0 Å². The molecule has 0 bridgehead atoms. The molecule has 0 rings (SSSR count). The van der Waals surface area contributed by atoms with Gasteiger partial charge in [0.2, 0.25) is 0 Å². The second-order valence-electron chi connectivity index (χ2n) is 3.85. The lowest BCUT2D eigenvalue weighted by molar-refractivity contribution is -0.112. The van der Waals surface area contributed by atoms with Crippen LogP contribution in [0.25, 0.3) is 0 Å². The molecule has 0 aromatic rings. The predicted molar refractivity (Wildman–Crippen MR) is 59.2 cm³/mol. The van der Waals surface area contributed by atoms with Crippen molar-refractivity contribution >= 4 is 5.78 Å². The molecule has 1 unspecified atom stereocenters. The third-order valence-electron chi connectivity index (χ3n) is 2.10. The maximum atomic E-state index is 10.5. The Morgan fingerprint density at radius 2 is 1.93 bits per heavy atom. The molecule has 2 nitrogen and oxygen atoms in total. The van der Waals surface area contributed by atoms with E-state index in [4.69, 9.17) is 5.11 Å². The monoisotopic (exact) mass is 198 g/mol. The van der Waals surface area contributed by atoms with Crippen LogP contribution in [0.4, 0.5) is 0 Å². The Morgan fingerprint density at radius 1 is 1.29 bits per heavy atom. The molecule has 0 aliphatic heterocycles. The summed E-state index contributed by atoms with van der Waals surface area (Å²) < 4.78 is 0. The van der Waals surface area contributed by atoms with E-state index >= 15 is 0 Å². The second-order valence-corrected chi connectivity index (χ2v) is 3.85. The Kier molecular flexibility index (Phi) is 8.54. The van der Waals surface area contributed by atoms with Crippen LogP contribution in [0.1, 0.15) is 52.4 Å². The third kappa shape index (κ3) is 11.4. The van der Waals surface area contributed by atoms with Crippen LogP contribution >= 0.6 is 0 Å². The quantitative estimate of drug-likeness (QED) is 0.481. The molecular formula is C12H22O2. The van der Waals surface area contributed by atoms with Gasteiger partial charge in [-0.2, -0.15) is 0 Å². The smallest absolute Gasteiger partial charge is 0.152 e. The van der Waals surface area contributed by atoms with Crippen LogP contribution in [-0.4, -0.2) is 17.0 Å². The number of carbonyl (C=O) groups is 1. The van der Waals surface area contributed by atoms with Gasteiger partial charge in [-0.3, -0.25) is 4.79 Å². The van der Waals surface area contributed by atoms with Gasteiger partial charge in [0.05, 0.1) is 6.10 Å². The SMILES string of the molecule is CC(=O)/C=C/CCCCCCC(C)O. The summed E-state index contributed by atoms with van der Waals surface area (Å²) in [5, 5.41) is 9.01. The fourth-order valence-electron chi connectivity index (χ4n) is 1.30. The highest BCUT2D eigenvalue weighted by Gasteiger charge is 1.94. The normalized spacial score (nSPS) is 13.4. The van der Waals surface area contributed by atoms with Crippen molar-refractivity contribution in [1.82, 2.24) is 0 Å². The van der Waals surface area contributed by atoms with Gasteiger partial charge >= 0.3 is 0 Å². The minimum absolute atomic E-state index is 0.124. The summed E-state index contributed by atoms with van der Waals surface area (Å²) in [7, 11) is 0. The van der Waals surface area contributed by atoms with Crippen molar-refractivity contribution in [3.63, 3.8) is 0 Å². The van der Waals surface area contributed by atoms with Crippen molar-refractivity contribution in [3.8, 4) is 0 Å². The average molecular weight is 198 g/mol. The van der Waals surface area contributed by atoms with Gasteiger partial charge in [0, 0.05) is 0 Å². The number of aliphatic hydroxyl groups is 1. The lowest BCUT2D eigenvalue weighted by Crippen LogP contribution is -1.98. The standard InChI is InChI=1S/C12H22O2/c1-11(13)9-7-5-3-4-6-8-10-12(2)14/h7,9,12,14H,3-6,8,10H2,1-2H3/b9-7+. The maximum absolute atomic E-state index is 10.5. The van der Waals surface area contributed by atoms with E-state index in [0.717, 1.165) is 25.7 Å². The summed E-state index contributed by atoms with van der Waals surface area (Å²) in [5.74, 6) is 0.124. The van der Waals surface area contributed by atoms with Crippen molar-refractivity contribution in [2.24, 2.45) is 0 Å². The van der Waals surface area contributed by atoms with Crippen LogP contribution in [0.2, 0.25) is 0 Å². The zero-order valence-corrected chi connectivity index (χ0v) is 9.33. The van der Waals surface area contributed by atoms with Gasteiger partial charge in [0.15, 0.2) is 5.78 Å². The van der Waals surface area contributed by atoms with Crippen LogP contribution in [0.3, 0.4) is 0 Å². The van der Waals surface area contributed by atoms with Crippen molar-refractivity contribution < 1.29 is 9.90 Å². The number of rotatable bonds is 8. The Balaban J connectivity index is 3.10. The van der Waals surface area contributed by atoms with E-state index in [-0.39, 0.29) is 11.9 Å². The zero-order valence-electron chi connectivity index (χ0n) is 9.33. The fourth-order valence-corrected chi connectivity index (χ4v) is 1.30. The summed E-state index contributed by atoms with van der Waals surface area (Å²) >= 11 is 0. The second kappa shape index (κ2) is 8.95. The van der Waals surface area contributed by atoms with E-state index in [1.54, 1.807) is 13.0 Å². The minimum atomic E-state index is -0.160. The predicted octanol–water partition coefficient (Wildman–Crippen LogP) is 2.85. The summed E-state index contributed by atoms with van der Waals surface area (Å²) in [4.78, 5) is 10.5. The number of allylic oxidation sites excluding steroid dienone is 2. The fraction of sp³-hybridized carbons (Fsp3) is 0.750. The minimum Gasteiger partial charge on any atom is -0.393 e. The molecule has 0 aliphatic rings. The number of hydrogen-bond donors (Lipinski definition) is 1. The summed E-state index contributed by atoms with van der Waals surface area (Å²) in [6.07, 6.45) is 9.93. The third-order valence-corrected chi connectivity index (χ3v) is 2.10. The van der Waals surface area contributed by atoms with Gasteiger partial charge < -0.3 is 5.11 Å². The van der Waals surface area contributed by atoms with Crippen LogP contribution in [0.15, 0.2) is 12.2 Å². The largest absolute Gasteiger partial charge is 0.393 e. The first-order chi connectivity index (χ1) is 6.63. The Hall–Kier alpha value is -0.630. The molecule has 14 heavy (non-hydrogen) atoms. The molecule has 0 fully saturated rings. The molecule has 1 N–H and O–H groups in total. The molecule has 1 atom stereocenters. The molecule has 0 heterocycles. The van der Waals surface area contributed by atoms with Gasteiger partial charge in [0.25, 0.3) is 0 Å². The van der Waals surface area contributed by atoms with Crippen molar-refractivity contribution in [2.75, 3.05) is 0 Å². The van der Waals surface area contributed by atoms with E-state index in [1.165, 1.54) is 12.8 Å². The summed E-state index contributed by atoms with van der Waals surface area (Å²) in [6.45, 7) is 3.40. The first-order valence-electron chi connectivity index (χ1n) is 5.48. The van der Waals surface area contributed by atoms with Gasteiger partial charge in [0.1, 0.15) is 0 Å². The van der Waals surface area contributed by atoms with Crippen LogP contribution in [0, 0.1) is 0 Å². The number of unbranched alkanes of at least 4 members (excludes halogenated alkanes) is 4. The molecule has 0 aromatic heterocycles. The molecule has 0 saturated heterocycles. The molecule has 2 heteroatoms. The number of aliphatic hydroxyl groups excluding tert-OH is 1. The first-order valence-corrected chi connectivity index (χ1v) is 5.48. The Morgan fingerprint density at radius 3 is 2.50 bits per heavy atom. The molecule has 0 aliphatic carbocycles. The molecule has 0 amide bonds. The molecule has 0 saturated carbocycles. The number of ketones is 1. The Bertz CT molecular complexity index is 171. The van der Waals surface area contributed by atoms with E-state index < -0.39 is 0 Å². The lowest BCUT2D eigenvalue weighted by atomic mass is 10.1. The molecular weight excluding hydrogens is 176 g/mol. The molecule has 0 radical (unpaired) electrons. The number of carbonyl (C=O) groups excluding carboxylic acids is 1. The van der Waals surface area contributed by atoms with Crippen LogP contribution < -0.4 is 0 Å². The summed E-state index contributed by atoms with van der Waals surface area (Å²) in [5.41, 5.74) is 0. The topological polar surface area (TPSA) is 37.3 Å². The van der Waals surface area contributed by atoms with Crippen LogP contribution in [0.5, 0.6) is 0 Å². The van der Waals surface area contributed by atoms with Crippen molar-refractivity contribution in [2.45, 2.75) is 58.5 Å². The summed E-state index contributed by atoms with van der Waals surface area (Å²) in [6, 6.07) is 0. The highest BCUT2D eigenvalue weighted by molar-refractivity contribution is 5.87. The molecule has 82 valence electrons. The van der Waals surface area contributed by atoms with Gasteiger partial charge in [-0.05, 0) is 39.2 Å². The number of hydrogen-bond acceptors (Lipinski definition) is 2. The average Bonchev–Trinajstić information content (AvgIpc) is 2.08. The van der Waals surface area contributed by atoms with Crippen molar-refractivity contribution in [3.05, 3.63) is 12.2 Å². The van der Waals surface area contributed by atoms with E-state index in [9.17, 15) is 4.79 Å². The van der Waals surface area contributed by atoms with E-state index in [2.05, 4.69) is 0 Å².